The number of hydrogen-bond acceptors (Lipinski definition) is 6. The Morgan fingerprint density at radius 1 is 1.24 bits per heavy atom. The van der Waals surface area contributed by atoms with Crippen LogP contribution in [0.25, 0.3) is 0 Å². The summed E-state index contributed by atoms with van der Waals surface area (Å²) < 4.78 is 39.8. The molecule has 0 aliphatic carbocycles. The van der Waals surface area contributed by atoms with E-state index >= 15 is 0 Å². The number of carbonyl (C=O) groups is 1. The summed E-state index contributed by atoms with van der Waals surface area (Å²) in [4.78, 5) is 16.9. The fourth-order valence-corrected chi connectivity index (χ4v) is 6.35. The number of sulfonamides is 1. The van der Waals surface area contributed by atoms with Crippen molar-refractivity contribution in [2.45, 2.75) is 63.6 Å². The molecule has 180 valence electrons. The molecule has 2 atom stereocenters. The molecule has 2 aromatic rings. The molecule has 1 saturated heterocycles. The highest BCUT2D eigenvalue weighted by Crippen LogP contribution is 2.32. The van der Waals surface area contributed by atoms with Gasteiger partial charge >= 0.3 is 0 Å². The van der Waals surface area contributed by atoms with Gasteiger partial charge in [0.05, 0.1) is 18.6 Å². The number of methoxy groups -OCH3 is 1. The Hall–Kier alpha value is -2.49. The lowest BCUT2D eigenvalue weighted by molar-refractivity contribution is -0.133. The van der Waals surface area contributed by atoms with Crippen LogP contribution in [0.3, 0.4) is 0 Å². The summed E-state index contributed by atoms with van der Waals surface area (Å²) in [5, 5.41) is 2.88. The van der Waals surface area contributed by atoms with E-state index in [-0.39, 0.29) is 18.6 Å². The molecule has 8 nitrogen and oxygen atoms in total. The summed E-state index contributed by atoms with van der Waals surface area (Å²) in [6, 6.07) is 6.85. The van der Waals surface area contributed by atoms with Crippen LogP contribution in [0.4, 0.5) is 0 Å². The standard InChI is InChI=1S/C24H33N3O5S/c1-5-22(24(28)26-15-19-8-10-25-11-9-19)32-16-20-7-6-12-27(20)33(29,30)23-17(2)13-21(31-4)14-18(23)3/h8-11,13-14,20,22H,5-7,12,15-16H2,1-4H3,(H,26,28). The Labute approximate surface area is 196 Å². The highest BCUT2D eigenvalue weighted by molar-refractivity contribution is 7.89. The zero-order chi connectivity index (χ0) is 24.0. The monoisotopic (exact) mass is 475 g/mol. The van der Waals surface area contributed by atoms with Crippen LogP contribution in [-0.4, -0.2) is 56.0 Å². The van der Waals surface area contributed by atoms with E-state index in [2.05, 4.69) is 10.3 Å². The number of pyridine rings is 1. The molecule has 1 N–H and O–H groups in total. The van der Waals surface area contributed by atoms with Crippen molar-refractivity contribution < 1.29 is 22.7 Å². The van der Waals surface area contributed by atoms with Gasteiger partial charge in [-0.25, -0.2) is 8.42 Å². The molecule has 1 amide bonds. The van der Waals surface area contributed by atoms with E-state index in [1.54, 1.807) is 45.5 Å². The van der Waals surface area contributed by atoms with Gasteiger partial charge in [0, 0.05) is 31.5 Å². The smallest absolute Gasteiger partial charge is 0.249 e. The van der Waals surface area contributed by atoms with E-state index in [9.17, 15) is 13.2 Å². The number of carbonyl (C=O) groups excluding carboxylic acids is 1. The van der Waals surface area contributed by atoms with Crippen LogP contribution < -0.4 is 10.1 Å². The van der Waals surface area contributed by atoms with Crippen molar-refractivity contribution >= 4 is 15.9 Å². The summed E-state index contributed by atoms with van der Waals surface area (Å²) in [6.45, 7) is 6.44. The number of aryl methyl sites for hydroxylation is 2. The van der Waals surface area contributed by atoms with Gasteiger partial charge in [-0.1, -0.05) is 6.92 Å². The van der Waals surface area contributed by atoms with Crippen molar-refractivity contribution in [3.05, 3.63) is 53.3 Å². The molecule has 0 radical (unpaired) electrons. The lowest BCUT2D eigenvalue weighted by atomic mass is 10.1. The molecule has 1 aliphatic heterocycles. The summed E-state index contributed by atoms with van der Waals surface area (Å²) in [6.07, 6.45) is 4.67. The van der Waals surface area contributed by atoms with Crippen molar-refractivity contribution in [2.24, 2.45) is 0 Å². The van der Waals surface area contributed by atoms with Gasteiger partial charge in [0.15, 0.2) is 0 Å². The van der Waals surface area contributed by atoms with Crippen molar-refractivity contribution in [3.63, 3.8) is 0 Å². The lowest BCUT2D eigenvalue weighted by Crippen LogP contribution is -2.42. The maximum Gasteiger partial charge on any atom is 0.249 e. The summed E-state index contributed by atoms with van der Waals surface area (Å²) in [5.74, 6) is 0.428. The minimum atomic E-state index is -3.70. The van der Waals surface area contributed by atoms with Gasteiger partial charge in [-0.05, 0) is 74.1 Å². The third-order valence-electron chi connectivity index (χ3n) is 5.93. The van der Waals surface area contributed by atoms with E-state index < -0.39 is 16.1 Å². The van der Waals surface area contributed by atoms with Crippen molar-refractivity contribution in [3.8, 4) is 5.75 Å². The molecule has 0 spiro atoms. The molecule has 33 heavy (non-hydrogen) atoms. The van der Waals surface area contributed by atoms with Crippen LogP contribution in [0.5, 0.6) is 5.75 Å². The SMILES string of the molecule is CCC(OCC1CCCN1S(=O)(=O)c1c(C)cc(OC)cc1C)C(=O)NCc1ccncc1. The number of aromatic nitrogens is 1. The minimum Gasteiger partial charge on any atom is -0.497 e. The summed E-state index contributed by atoms with van der Waals surface area (Å²) in [7, 11) is -2.14. The average molecular weight is 476 g/mol. The van der Waals surface area contributed by atoms with E-state index in [1.807, 2.05) is 19.1 Å². The number of nitrogens with zero attached hydrogens (tertiary/aromatic N) is 2. The highest BCUT2D eigenvalue weighted by atomic mass is 32.2. The second kappa shape index (κ2) is 11.1. The Morgan fingerprint density at radius 2 is 1.91 bits per heavy atom. The van der Waals surface area contributed by atoms with Gasteiger partial charge in [0.25, 0.3) is 0 Å². The van der Waals surface area contributed by atoms with Gasteiger partial charge in [-0.2, -0.15) is 4.31 Å². The minimum absolute atomic E-state index is 0.175. The molecule has 0 bridgehead atoms. The molecule has 0 saturated carbocycles. The van der Waals surface area contributed by atoms with E-state index in [0.29, 0.717) is 47.7 Å². The van der Waals surface area contributed by atoms with Gasteiger partial charge in [0.1, 0.15) is 11.9 Å². The lowest BCUT2D eigenvalue weighted by Gasteiger charge is -2.27. The topological polar surface area (TPSA) is 97.8 Å². The molecule has 1 aliphatic rings. The van der Waals surface area contributed by atoms with Crippen molar-refractivity contribution in [1.29, 1.82) is 0 Å². The molecule has 3 rings (SSSR count). The number of hydrogen-bond donors (Lipinski definition) is 1. The number of amides is 1. The Bertz CT molecular complexity index is 1040. The van der Waals surface area contributed by atoms with Gasteiger partial charge in [-0.15, -0.1) is 0 Å². The number of benzene rings is 1. The zero-order valence-electron chi connectivity index (χ0n) is 19.7. The van der Waals surface area contributed by atoms with Crippen LogP contribution in [-0.2, 0) is 26.1 Å². The second-order valence-electron chi connectivity index (χ2n) is 8.31. The van der Waals surface area contributed by atoms with Crippen LogP contribution in [0.1, 0.15) is 42.9 Å². The van der Waals surface area contributed by atoms with Gasteiger partial charge in [0.2, 0.25) is 15.9 Å². The quantitative estimate of drug-likeness (QED) is 0.567. The van der Waals surface area contributed by atoms with Crippen LogP contribution in [0.15, 0.2) is 41.6 Å². The number of nitrogens with one attached hydrogen (secondary N) is 1. The molecule has 9 heteroatoms. The zero-order valence-corrected chi connectivity index (χ0v) is 20.5. The molecule has 1 aromatic heterocycles. The average Bonchev–Trinajstić information content (AvgIpc) is 3.27. The molecular weight excluding hydrogens is 442 g/mol. The first-order valence-electron chi connectivity index (χ1n) is 11.2. The fourth-order valence-electron chi connectivity index (χ4n) is 4.25. The Morgan fingerprint density at radius 3 is 2.52 bits per heavy atom. The maximum atomic E-state index is 13.5. The van der Waals surface area contributed by atoms with E-state index in [4.69, 9.17) is 9.47 Å². The molecule has 1 aromatic carbocycles. The first kappa shape index (κ1) is 25.1. The molecule has 1 fully saturated rings. The molecular formula is C24H33N3O5S. The second-order valence-corrected chi connectivity index (χ2v) is 10.1. The first-order chi connectivity index (χ1) is 15.8. The predicted octanol–water partition coefficient (Wildman–Crippen LogP) is 2.97. The van der Waals surface area contributed by atoms with E-state index in [1.165, 1.54) is 4.31 Å². The van der Waals surface area contributed by atoms with Crippen molar-refractivity contribution in [1.82, 2.24) is 14.6 Å². The summed E-state index contributed by atoms with van der Waals surface area (Å²) >= 11 is 0. The van der Waals surface area contributed by atoms with Crippen molar-refractivity contribution in [2.75, 3.05) is 20.3 Å². The first-order valence-corrected chi connectivity index (χ1v) is 12.7. The largest absolute Gasteiger partial charge is 0.497 e. The van der Waals surface area contributed by atoms with Crippen LogP contribution in [0, 0.1) is 13.8 Å². The number of ether oxygens (including phenoxy) is 2. The molecule has 2 unspecified atom stereocenters. The van der Waals surface area contributed by atoms with Gasteiger partial charge < -0.3 is 14.8 Å². The Kier molecular flexibility index (Phi) is 8.45. The number of rotatable bonds is 10. The van der Waals surface area contributed by atoms with E-state index in [0.717, 1.165) is 12.0 Å². The fraction of sp³-hybridized carbons (Fsp3) is 0.500. The highest BCUT2D eigenvalue weighted by Gasteiger charge is 2.37. The Balaban J connectivity index is 1.66. The van der Waals surface area contributed by atoms with Crippen LogP contribution >= 0.6 is 0 Å². The molecule has 2 heterocycles. The normalized spacial score (nSPS) is 17.6. The van der Waals surface area contributed by atoms with Gasteiger partial charge in [-0.3, -0.25) is 9.78 Å². The predicted molar refractivity (Wildman–Crippen MR) is 125 cm³/mol. The maximum absolute atomic E-state index is 13.5. The third-order valence-corrected chi connectivity index (χ3v) is 8.19. The third kappa shape index (κ3) is 5.90. The van der Waals surface area contributed by atoms with Crippen LogP contribution in [0.2, 0.25) is 0 Å². The summed E-state index contributed by atoms with van der Waals surface area (Å²) in [5.41, 5.74) is 2.26.